The van der Waals surface area contributed by atoms with E-state index in [1.54, 1.807) is 11.8 Å². The van der Waals surface area contributed by atoms with E-state index in [1.807, 2.05) is 11.8 Å². The van der Waals surface area contributed by atoms with Gasteiger partial charge in [0, 0.05) is 20.4 Å². The molecule has 0 unspecified atom stereocenters. The molecule has 4 rings (SSSR count). The second-order valence-electron chi connectivity index (χ2n) is 5.07. The Morgan fingerprint density at radius 1 is 0.773 bits per heavy atom. The molecule has 0 bridgehead atoms. The first-order valence-corrected chi connectivity index (χ1v) is 9.21. The van der Waals surface area contributed by atoms with Gasteiger partial charge in [-0.3, -0.25) is 0 Å². The smallest absolute Gasteiger partial charge is 0.0612 e. The minimum Gasteiger partial charge on any atom is -0.308 e. The highest BCUT2D eigenvalue weighted by Crippen LogP contribution is 2.51. The van der Waals surface area contributed by atoms with Gasteiger partial charge in [0.05, 0.1) is 11.4 Å². The van der Waals surface area contributed by atoms with E-state index >= 15 is 0 Å². The Kier molecular flexibility index (Phi) is 3.60. The average Bonchev–Trinajstić information content (AvgIpc) is 2.60. The number of fused-ring (bicyclic) bond motifs is 2. The maximum atomic E-state index is 2.36. The van der Waals surface area contributed by atoms with Crippen LogP contribution in [0.4, 0.5) is 17.1 Å². The minimum absolute atomic E-state index is 1.20. The zero-order valence-electron chi connectivity index (χ0n) is 12.2. The first-order chi connectivity index (χ1) is 10.9. The monoisotopic (exact) mass is 321 g/mol. The molecule has 0 aromatic heterocycles. The van der Waals surface area contributed by atoms with Crippen molar-refractivity contribution in [1.82, 2.24) is 0 Å². The molecule has 3 aromatic carbocycles. The molecule has 0 amide bonds. The zero-order chi connectivity index (χ0) is 14.9. The van der Waals surface area contributed by atoms with Gasteiger partial charge >= 0.3 is 0 Å². The molecule has 3 aromatic rings. The van der Waals surface area contributed by atoms with Crippen molar-refractivity contribution < 1.29 is 0 Å². The van der Waals surface area contributed by atoms with Crippen LogP contribution in [0.3, 0.4) is 0 Å². The molecule has 0 atom stereocenters. The summed E-state index contributed by atoms with van der Waals surface area (Å²) in [6, 6.07) is 25.9. The van der Waals surface area contributed by atoms with Gasteiger partial charge in [0.1, 0.15) is 0 Å². The molecule has 0 saturated heterocycles. The summed E-state index contributed by atoms with van der Waals surface area (Å²) in [5, 5.41) is 0. The van der Waals surface area contributed by atoms with Crippen LogP contribution in [-0.4, -0.2) is 6.26 Å². The third kappa shape index (κ3) is 2.31. The summed E-state index contributed by atoms with van der Waals surface area (Å²) < 4.78 is 0. The lowest BCUT2D eigenvalue weighted by Crippen LogP contribution is -2.14. The van der Waals surface area contributed by atoms with Gasteiger partial charge in [-0.05, 0) is 48.7 Å². The van der Waals surface area contributed by atoms with Crippen molar-refractivity contribution in [3.05, 3.63) is 72.8 Å². The van der Waals surface area contributed by atoms with Crippen LogP contribution in [0.15, 0.2) is 87.5 Å². The molecular formula is C19H15NS2. The molecule has 0 spiro atoms. The van der Waals surface area contributed by atoms with Crippen molar-refractivity contribution in [2.45, 2.75) is 14.7 Å². The van der Waals surface area contributed by atoms with Crippen molar-refractivity contribution in [3.63, 3.8) is 0 Å². The first kappa shape index (κ1) is 13.8. The lowest BCUT2D eigenvalue weighted by molar-refractivity contribution is 1.15. The highest BCUT2D eigenvalue weighted by atomic mass is 32.2. The van der Waals surface area contributed by atoms with E-state index in [4.69, 9.17) is 0 Å². The Morgan fingerprint density at radius 2 is 1.50 bits per heavy atom. The Labute approximate surface area is 139 Å². The van der Waals surface area contributed by atoms with Crippen molar-refractivity contribution in [1.29, 1.82) is 0 Å². The van der Waals surface area contributed by atoms with E-state index in [1.165, 1.54) is 31.7 Å². The molecule has 0 N–H and O–H groups in total. The van der Waals surface area contributed by atoms with E-state index in [-0.39, 0.29) is 0 Å². The SMILES string of the molecule is CSc1ccc2c(c1)N(c1ccccc1)c1ccccc1S2. The zero-order valence-corrected chi connectivity index (χ0v) is 13.8. The lowest BCUT2D eigenvalue weighted by Gasteiger charge is -2.33. The topological polar surface area (TPSA) is 3.24 Å². The van der Waals surface area contributed by atoms with E-state index in [2.05, 4.69) is 84.0 Å². The largest absolute Gasteiger partial charge is 0.308 e. The molecule has 3 heteroatoms. The molecule has 0 fully saturated rings. The summed E-state index contributed by atoms with van der Waals surface area (Å²) >= 11 is 3.63. The fraction of sp³-hybridized carbons (Fsp3) is 0.0526. The number of nitrogens with zero attached hydrogens (tertiary/aromatic N) is 1. The van der Waals surface area contributed by atoms with Crippen molar-refractivity contribution in [2.75, 3.05) is 11.2 Å². The number of para-hydroxylation sites is 2. The van der Waals surface area contributed by atoms with Crippen LogP contribution in [0, 0.1) is 0 Å². The van der Waals surface area contributed by atoms with E-state index in [9.17, 15) is 0 Å². The van der Waals surface area contributed by atoms with Crippen LogP contribution in [0.5, 0.6) is 0 Å². The van der Waals surface area contributed by atoms with Gasteiger partial charge in [-0.15, -0.1) is 11.8 Å². The molecule has 1 aliphatic rings. The van der Waals surface area contributed by atoms with E-state index in [0.717, 1.165) is 0 Å². The summed E-state index contributed by atoms with van der Waals surface area (Å²) in [6.45, 7) is 0. The number of hydrogen-bond acceptors (Lipinski definition) is 3. The maximum Gasteiger partial charge on any atom is 0.0612 e. The van der Waals surface area contributed by atoms with Gasteiger partial charge in [0.2, 0.25) is 0 Å². The number of thioether (sulfide) groups is 1. The number of anilines is 3. The Hall–Kier alpha value is -1.84. The van der Waals surface area contributed by atoms with E-state index < -0.39 is 0 Å². The van der Waals surface area contributed by atoms with Crippen molar-refractivity contribution in [2.24, 2.45) is 0 Å². The molecule has 0 saturated carbocycles. The molecule has 1 nitrogen and oxygen atoms in total. The highest BCUT2D eigenvalue weighted by molar-refractivity contribution is 8.00. The van der Waals surface area contributed by atoms with Crippen LogP contribution in [-0.2, 0) is 0 Å². The fourth-order valence-electron chi connectivity index (χ4n) is 2.72. The predicted molar refractivity (Wildman–Crippen MR) is 97.0 cm³/mol. The standard InChI is InChI=1S/C19H15NS2/c1-21-15-11-12-19-17(13-15)20(14-7-3-2-4-8-14)16-9-5-6-10-18(16)22-19/h2-13H,1H3. The van der Waals surface area contributed by atoms with E-state index in [0.29, 0.717) is 0 Å². The maximum absolute atomic E-state index is 2.36. The summed E-state index contributed by atoms with van der Waals surface area (Å²) in [5.74, 6) is 0. The van der Waals surface area contributed by atoms with Gasteiger partial charge in [-0.25, -0.2) is 0 Å². The third-order valence-corrected chi connectivity index (χ3v) is 5.60. The molecule has 22 heavy (non-hydrogen) atoms. The summed E-state index contributed by atoms with van der Waals surface area (Å²) in [7, 11) is 0. The lowest BCUT2D eigenvalue weighted by atomic mass is 10.2. The predicted octanol–water partition coefficient (Wildman–Crippen LogP) is 6.34. The van der Waals surface area contributed by atoms with Gasteiger partial charge in [-0.2, -0.15) is 0 Å². The second kappa shape index (κ2) is 5.75. The first-order valence-electron chi connectivity index (χ1n) is 7.17. The van der Waals surface area contributed by atoms with Gasteiger partial charge in [-0.1, -0.05) is 42.1 Å². The van der Waals surface area contributed by atoms with Crippen molar-refractivity contribution in [3.8, 4) is 0 Å². The molecule has 1 aliphatic heterocycles. The van der Waals surface area contributed by atoms with Crippen molar-refractivity contribution >= 4 is 40.6 Å². The molecule has 1 heterocycles. The summed E-state index contributed by atoms with van der Waals surface area (Å²) in [4.78, 5) is 6.26. The van der Waals surface area contributed by atoms with Crippen LogP contribution in [0.25, 0.3) is 0 Å². The molecule has 0 radical (unpaired) electrons. The van der Waals surface area contributed by atoms with Gasteiger partial charge in [0.15, 0.2) is 0 Å². The average molecular weight is 321 g/mol. The summed E-state index contributed by atoms with van der Waals surface area (Å²) in [6.07, 6.45) is 2.12. The normalized spacial score (nSPS) is 12.7. The highest BCUT2D eigenvalue weighted by Gasteiger charge is 2.24. The molecular weight excluding hydrogens is 306 g/mol. The van der Waals surface area contributed by atoms with Crippen LogP contribution >= 0.6 is 23.5 Å². The summed E-state index contributed by atoms with van der Waals surface area (Å²) in [5.41, 5.74) is 3.72. The van der Waals surface area contributed by atoms with Gasteiger partial charge < -0.3 is 4.90 Å². The van der Waals surface area contributed by atoms with Crippen LogP contribution in [0.2, 0.25) is 0 Å². The molecule has 108 valence electrons. The number of rotatable bonds is 2. The third-order valence-electron chi connectivity index (χ3n) is 3.75. The Balaban J connectivity index is 1.96. The minimum atomic E-state index is 1.20. The van der Waals surface area contributed by atoms with Crippen LogP contribution < -0.4 is 4.90 Å². The molecule has 0 aliphatic carbocycles. The Morgan fingerprint density at radius 3 is 2.32 bits per heavy atom. The quantitative estimate of drug-likeness (QED) is 0.396. The van der Waals surface area contributed by atoms with Crippen LogP contribution in [0.1, 0.15) is 0 Å². The number of hydrogen-bond donors (Lipinski definition) is 0. The Bertz CT molecular complexity index is 815. The second-order valence-corrected chi connectivity index (χ2v) is 7.04. The van der Waals surface area contributed by atoms with Gasteiger partial charge in [0.25, 0.3) is 0 Å². The number of benzene rings is 3. The fourth-order valence-corrected chi connectivity index (χ4v) is 4.19.